The lowest BCUT2D eigenvalue weighted by atomic mass is 9.98. The molecular formula is C19H15FN2O3. The van der Waals surface area contributed by atoms with E-state index in [1.807, 2.05) is 18.2 Å². The number of anilines is 1. The molecule has 0 aliphatic carbocycles. The summed E-state index contributed by atoms with van der Waals surface area (Å²) in [4.78, 5) is 30.2. The topological polar surface area (TPSA) is 59.0 Å². The van der Waals surface area contributed by atoms with Gasteiger partial charge in [0.15, 0.2) is 0 Å². The highest BCUT2D eigenvalue weighted by Gasteiger charge is 2.38. The second-order valence-electron chi connectivity index (χ2n) is 5.97. The normalized spacial score (nSPS) is 18.5. The molecule has 5 nitrogen and oxygen atoms in total. The van der Waals surface area contributed by atoms with Crippen molar-refractivity contribution in [3.8, 4) is 0 Å². The van der Waals surface area contributed by atoms with Gasteiger partial charge in [0.25, 0.3) is 12.1 Å². The summed E-state index contributed by atoms with van der Waals surface area (Å²) >= 11 is 0. The largest absolute Gasteiger partial charge is 0.430 e. The first-order valence-corrected chi connectivity index (χ1v) is 8.00. The van der Waals surface area contributed by atoms with E-state index in [2.05, 4.69) is 4.99 Å². The van der Waals surface area contributed by atoms with Crippen LogP contribution in [0.3, 0.4) is 0 Å². The Morgan fingerprint density at radius 2 is 1.96 bits per heavy atom. The maximum absolute atomic E-state index is 14.4. The molecule has 0 spiro atoms. The van der Waals surface area contributed by atoms with Gasteiger partial charge in [-0.2, -0.15) is 0 Å². The van der Waals surface area contributed by atoms with E-state index in [9.17, 15) is 14.0 Å². The lowest BCUT2D eigenvalue weighted by Crippen LogP contribution is -2.38. The third-order valence-corrected chi connectivity index (χ3v) is 4.38. The van der Waals surface area contributed by atoms with Crippen molar-refractivity contribution in [1.82, 2.24) is 0 Å². The number of amides is 1. The van der Waals surface area contributed by atoms with Crippen LogP contribution in [0, 0.1) is 5.82 Å². The number of benzene rings is 2. The number of rotatable bonds is 2. The fraction of sp³-hybridized carbons (Fsp3) is 0.211. The second kappa shape index (κ2) is 5.81. The molecule has 1 unspecified atom stereocenters. The van der Waals surface area contributed by atoms with Crippen molar-refractivity contribution >= 4 is 23.3 Å². The molecule has 0 fully saturated rings. The molecule has 0 saturated heterocycles. The Morgan fingerprint density at radius 3 is 2.72 bits per heavy atom. The van der Waals surface area contributed by atoms with E-state index in [1.54, 1.807) is 23.1 Å². The van der Waals surface area contributed by atoms with Crippen molar-refractivity contribution < 1.29 is 18.7 Å². The highest BCUT2D eigenvalue weighted by molar-refractivity contribution is 6.21. The monoisotopic (exact) mass is 338 g/mol. The van der Waals surface area contributed by atoms with Crippen LogP contribution >= 0.6 is 0 Å². The molecule has 2 aliphatic heterocycles. The third-order valence-electron chi connectivity index (χ3n) is 4.38. The molecule has 0 bridgehead atoms. The summed E-state index contributed by atoms with van der Waals surface area (Å²) < 4.78 is 19.5. The maximum atomic E-state index is 14.4. The number of hydrogen-bond acceptors (Lipinski definition) is 4. The van der Waals surface area contributed by atoms with Gasteiger partial charge in [0.2, 0.25) is 0 Å². The van der Waals surface area contributed by atoms with Crippen molar-refractivity contribution in [2.45, 2.75) is 19.6 Å². The standard InChI is InChI=1S/C19H15FN2O3/c1-11(23)25-18-19(24)22-10-9-12-5-4-7-14(17(12)22)16(21-18)13-6-2-3-8-15(13)20/h2-8,18H,9-10H2,1H3. The lowest BCUT2D eigenvalue weighted by Gasteiger charge is -2.19. The number of carbonyl (C=O) groups is 2. The molecule has 2 heterocycles. The molecular weight excluding hydrogens is 323 g/mol. The van der Waals surface area contributed by atoms with E-state index in [0.29, 0.717) is 24.2 Å². The van der Waals surface area contributed by atoms with E-state index in [0.717, 1.165) is 11.3 Å². The van der Waals surface area contributed by atoms with Crippen molar-refractivity contribution in [3.05, 3.63) is 65.0 Å². The fourth-order valence-corrected chi connectivity index (χ4v) is 3.34. The summed E-state index contributed by atoms with van der Waals surface area (Å²) in [5, 5.41) is 0. The second-order valence-corrected chi connectivity index (χ2v) is 5.97. The van der Waals surface area contributed by atoms with E-state index in [4.69, 9.17) is 4.74 Å². The van der Waals surface area contributed by atoms with Gasteiger partial charge in [-0.1, -0.05) is 30.3 Å². The number of esters is 1. The third kappa shape index (κ3) is 2.50. The molecule has 2 aromatic rings. The predicted molar refractivity (Wildman–Crippen MR) is 90.1 cm³/mol. The maximum Gasteiger partial charge on any atom is 0.305 e. The van der Waals surface area contributed by atoms with E-state index < -0.39 is 23.9 Å². The SMILES string of the molecule is CC(=O)OC1N=C(c2ccccc2F)c2cccc3c2N(CC3)C1=O. The van der Waals surface area contributed by atoms with Crippen LogP contribution in [0.1, 0.15) is 23.6 Å². The summed E-state index contributed by atoms with van der Waals surface area (Å²) in [7, 11) is 0. The summed E-state index contributed by atoms with van der Waals surface area (Å²) in [6.07, 6.45) is -0.614. The number of ether oxygens (including phenoxy) is 1. The Bertz CT molecular complexity index is 923. The molecule has 0 N–H and O–H groups in total. The molecule has 0 radical (unpaired) electrons. The first-order chi connectivity index (χ1) is 12.1. The summed E-state index contributed by atoms with van der Waals surface area (Å²) in [5.74, 6) is -1.47. The Kier molecular flexibility index (Phi) is 3.60. The first-order valence-electron chi connectivity index (χ1n) is 8.00. The minimum Gasteiger partial charge on any atom is -0.430 e. The van der Waals surface area contributed by atoms with Gasteiger partial charge in [-0.15, -0.1) is 0 Å². The molecule has 2 aromatic carbocycles. The van der Waals surface area contributed by atoms with Gasteiger partial charge in [0.05, 0.1) is 11.4 Å². The Morgan fingerprint density at radius 1 is 1.20 bits per heavy atom. The van der Waals surface area contributed by atoms with Crippen LogP contribution in [0.5, 0.6) is 0 Å². The highest BCUT2D eigenvalue weighted by atomic mass is 19.1. The van der Waals surface area contributed by atoms with Gasteiger partial charge < -0.3 is 9.64 Å². The zero-order chi connectivity index (χ0) is 17.6. The molecule has 6 heteroatoms. The number of hydrogen-bond donors (Lipinski definition) is 0. The predicted octanol–water partition coefficient (Wildman–Crippen LogP) is 2.46. The minimum absolute atomic E-state index is 0.273. The van der Waals surface area contributed by atoms with Crippen LogP contribution in [0.25, 0.3) is 0 Å². The number of para-hydroxylation sites is 1. The van der Waals surface area contributed by atoms with Gasteiger partial charge in [-0.3, -0.25) is 9.59 Å². The average molecular weight is 338 g/mol. The van der Waals surface area contributed by atoms with Crippen molar-refractivity contribution in [3.63, 3.8) is 0 Å². The van der Waals surface area contributed by atoms with E-state index in [1.165, 1.54) is 13.0 Å². The Labute approximate surface area is 143 Å². The minimum atomic E-state index is -1.31. The van der Waals surface area contributed by atoms with Gasteiger partial charge in [-0.05, 0) is 24.1 Å². The van der Waals surface area contributed by atoms with Crippen LogP contribution < -0.4 is 4.90 Å². The molecule has 25 heavy (non-hydrogen) atoms. The van der Waals surface area contributed by atoms with Crippen molar-refractivity contribution in [2.75, 3.05) is 11.4 Å². The molecule has 0 aromatic heterocycles. The smallest absolute Gasteiger partial charge is 0.305 e. The quantitative estimate of drug-likeness (QED) is 0.791. The molecule has 0 saturated carbocycles. The van der Waals surface area contributed by atoms with Crippen LogP contribution in [-0.4, -0.2) is 30.4 Å². The highest BCUT2D eigenvalue weighted by Crippen LogP contribution is 2.36. The number of carbonyl (C=O) groups excluding carboxylic acids is 2. The van der Waals surface area contributed by atoms with Crippen molar-refractivity contribution in [1.29, 1.82) is 0 Å². The van der Waals surface area contributed by atoms with Gasteiger partial charge in [0.1, 0.15) is 5.82 Å². The zero-order valence-corrected chi connectivity index (χ0v) is 13.5. The summed E-state index contributed by atoms with van der Waals surface area (Å²) in [5.41, 5.74) is 2.99. The molecule has 4 rings (SSSR count). The van der Waals surface area contributed by atoms with E-state index >= 15 is 0 Å². The van der Waals surface area contributed by atoms with Gasteiger partial charge in [0, 0.05) is 24.6 Å². The number of aliphatic imine (C=N–C) groups is 1. The van der Waals surface area contributed by atoms with Gasteiger partial charge >= 0.3 is 5.97 Å². The zero-order valence-electron chi connectivity index (χ0n) is 13.5. The fourth-order valence-electron chi connectivity index (χ4n) is 3.34. The summed E-state index contributed by atoms with van der Waals surface area (Å²) in [6, 6.07) is 11.9. The first kappa shape index (κ1) is 15.5. The van der Waals surface area contributed by atoms with Crippen LogP contribution in [0.4, 0.5) is 10.1 Å². The van der Waals surface area contributed by atoms with Crippen LogP contribution in [-0.2, 0) is 20.7 Å². The number of nitrogens with zero attached hydrogens (tertiary/aromatic N) is 2. The van der Waals surface area contributed by atoms with Crippen LogP contribution in [0.15, 0.2) is 47.5 Å². The number of halogens is 1. The van der Waals surface area contributed by atoms with E-state index in [-0.39, 0.29) is 5.56 Å². The lowest BCUT2D eigenvalue weighted by molar-refractivity contribution is -0.152. The molecule has 126 valence electrons. The molecule has 2 aliphatic rings. The van der Waals surface area contributed by atoms with Gasteiger partial charge in [-0.25, -0.2) is 9.38 Å². The summed E-state index contributed by atoms with van der Waals surface area (Å²) in [6.45, 7) is 1.71. The average Bonchev–Trinajstić information content (AvgIpc) is 2.98. The van der Waals surface area contributed by atoms with Crippen molar-refractivity contribution in [2.24, 2.45) is 4.99 Å². The molecule has 1 atom stereocenters. The Hall–Kier alpha value is -3.02. The van der Waals surface area contributed by atoms with Crippen LogP contribution in [0.2, 0.25) is 0 Å². The molecule has 1 amide bonds. The Balaban J connectivity index is 1.97.